The first kappa shape index (κ1) is 18.6. The molecule has 0 bridgehead atoms. The zero-order valence-electron chi connectivity index (χ0n) is 16.8. The van der Waals surface area contributed by atoms with Crippen molar-refractivity contribution in [3.8, 4) is 0 Å². The van der Waals surface area contributed by atoms with E-state index >= 15 is 0 Å². The SMILES string of the molecule is O=C(NCCc1ccccc1)c1cn2c(nc1=O)CC1(CCN(CC3CC3)C1)C2. The molecule has 2 aliphatic heterocycles. The molecule has 1 spiro atoms. The van der Waals surface area contributed by atoms with Gasteiger partial charge >= 0.3 is 0 Å². The Morgan fingerprint density at radius 3 is 2.83 bits per heavy atom. The van der Waals surface area contributed by atoms with Crippen LogP contribution in [0.2, 0.25) is 0 Å². The van der Waals surface area contributed by atoms with E-state index in [1.807, 2.05) is 34.9 Å². The molecule has 152 valence electrons. The summed E-state index contributed by atoms with van der Waals surface area (Å²) in [5.41, 5.74) is 1.10. The molecule has 2 fully saturated rings. The maximum atomic E-state index is 12.6. The maximum absolute atomic E-state index is 12.6. The van der Waals surface area contributed by atoms with E-state index < -0.39 is 5.56 Å². The van der Waals surface area contributed by atoms with E-state index in [1.54, 1.807) is 6.20 Å². The number of nitrogens with zero attached hydrogens (tertiary/aromatic N) is 3. The third kappa shape index (κ3) is 3.99. The lowest BCUT2D eigenvalue weighted by Gasteiger charge is -2.22. The van der Waals surface area contributed by atoms with Crippen LogP contribution >= 0.6 is 0 Å². The van der Waals surface area contributed by atoms with Gasteiger partial charge in [0.25, 0.3) is 11.5 Å². The first-order valence-electron chi connectivity index (χ1n) is 10.8. The Labute approximate surface area is 170 Å². The van der Waals surface area contributed by atoms with Crippen molar-refractivity contribution in [1.82, 2.24) is 19.8 Å². The van der Waals surface area contributed by atoms with E-state index in [9.17, 15) is 9.59 Å². The van der Waals surface area contributed by atoms with Gasteiger partial charge in [0.15, 0.2) is 0 Å². The van der Waals surface area contributed by atoms with Crippen molar-refractivity contribution >= 4 is 5.91 Å². The Morgan fingerprint density at radius 1 is 1.21 bits per heavy atom. The number of amides is 1. The van der Waals surface area contributed by atoms with Crippen LogP contribution in [0.15, 0.2) is 41.3 Å². The Hall–Kier alpha value is -2.47. The van der Waals surface area contributed by atoms with Crippen LogP contribution in [0.4, 0.5) is 0 Å². The van der Waals surface area contributed by atoms with Gasteiger partial charge in [0, 0.05) is 44.2 Å². The lowest BCUT2D eigenvalue weighted by atomic mass is 9.86. The molecule has 1 aromatic heterocycles. The van der Waals surface area contributed by atoms with Crippen LogP contribution in [0.1, 0.15) is 41.0 Å². The van der Waals surface area contributed by atoms with E-state index in [4.69, 9.17) is 0 Å². The lowest BCUT2D eigenvalue weighted by Crippen LogP contribution is -2.32. The van der Waals surface area contributed by atoms with Crippen LogP contribution in [0.25, 0.3) is 0 Å². The summed E-state index contributed by atoms with van der Waals surface area (Å²) in [5.74, 6) is 1.42. The van der Waals surface area contributed by atoms with Gasteiger partial charge in [0.1, 0.15) is 11.4 Å². The summed E-state index contributed by atoms with van der Waals surface area (Å²) >= 11 is 0. The second kappa shape index (κ2) is 7.41. The molecule has 29 heavy (non-hydrogen) atoms. The van der Waals surface area contributed by atoms with Gasteiger partial charge in [0.05, 0.1) is 0 Å². The summed E-state index contributed by atoms with van der Waals surface area (Å²) in [6.07, 6.45) is 7.23. The van der Waals surface area contributed by atoms with Gasteiger partial charge in [-0.1, -0.05) is 30.3 Å². The molecular formula is C23H28N4O2. The van der Waals surface area contributed by atoms with Crippen molar-refractivity contribution in [3.63, 3.8) is 0 Å². The number of nitrogens with one attached hydrogen (secondary N) is 1. The summed E-state index contributed by atoms with van der Waals surface area (Å²) < 4.78 is 2.05. The van der Waals surface area contributed by atoms with Gasteiger partial charge in [-0.15, -0.1) is 0 Å². The molecule has 1 saturated heterocycles. The fourth-order valence-electron chi connectivity index (χ4n) is 4.90. The first-order chi connectivity index (χ1) is 14.1. The molecule has 3 aliphatic rings. The monoisotopic (exact) mass is 392 g/mol. The summed E-state index contributed by atoms with van der Waals surface area (Å²) in [6, 6.07) is 10.0. The van der Waals surface area contributed by atoms with Crippen LogP contribution in [0, 0.1) is 11.3 Å². The molecule has 1 unspecified atom stereocenters. The number of benzene rings is 1. The predicted octanol–water partition coefficient (Wildman–Crippen LogP) is 1.87. The molecule has 3 heterocycles. The maximum Gasteiger partial charge on any atom is 0.285 e. The fraction of sp³-hybridized carbons (Fsp3) is 0.522. The highest BCUT2D eigenvalue weighted by Crippen LogP contribution is 2.41. The van der Waals surface area contributed by atoms with E-state index in [0.29, 0.717) is 6.54 Å². The van der Waals surface area contributed by atoms with E-state index in [0.717, 1.165) is 56.2 Å². The van der Waals surface area contributed by atoms with Crippen LogP contribution in [-0.2, 0) is 19.4 Å². The minimum absolute atomic E-state index is 0.159. The summed E-state index contributed by atoms with van der Waals surface area (Å²) in [7, 11) is 0. The average Bonchev–Trinajstić information content (AvgIpc) is 3.34. The molecule has 2 aromatic rings. The van der Waals surface area contributed by atoms with Gasteiger partial charge in [-0.3, -0.25) is 9.59 Å². The highest BCUT2D eigenvalue weighted by atomic mass is 16.2. The number of carbonyl (C=O) groups is 1. The topological polar surface area (TPSA) is 67.2 Å². The Balaban J connectivity index is 1.23. The summed E-state index contributed by atoms with van der Waals surface area (Å²) in [4.78, 5) is 31.9. The first-order valence-corrected chi connectivity index (χ1v) is 10.8. The number of likely N-dealkylation sites (tertiary alicyclic amines) is 1. The molecule has 0 radical (unpaired) electrons. The van der Waals surface area contributed by atoms with Crippen LogP contribution in [-0.4, -0.2) is 46.5 Å². The fourth-order valence-corrected chi connectivity index (χ4v) is 4.90. The number of fused-ring (bicyclic) bond motifs is 1. The zero-order chi connectivity index (χ0) is 19.8. The third-order valence-electron chi connectivity index (χ3n) is 6.63. The highest BCUT2D eigenvalue weighted by Gasteiger charge is 2.44. The summed E-state index contributed by atoms with van der Waals surface area (Å²) in [6.45, 7) is 4.81. The molecule has 1 aromatic carbocycles. The minimum atomic E-state index is -0.404. The quantitative estimate of drug-likeness (QED) is 0.815. The van der Waals surface area contributed by atoms with Crippen molar-refractivity contribution in [2.75, 3.05) is 26.2 Å². The lowest BCUT2D eigenvalue weighted by molar-refractivity contribution is 0.0951. The smallest absolute Gasteiger partial charge is 0.285 e. The zero-order valence-corrected chi connectivity index (χ0v) is 16.8. The molecule has 1 atom stereocenters. The van der Waals surface area contributed by atoms with E-state index in [-0.39, 0.29) is 16.9 Å². The van der Waals surface area contributed by atoms with Crippen molar-refractivity contribution in [3.05, 3.63) is 63.8 Å². The predicted molar refractivity (Wildman–Crippen MR) is 111 cm³/mol. The molecule has 1 saturated carbocycles. The highest BCUT2D eigenvalue weighted by molar-refractivity contribution is 5.93. The van der Waals surface area contributed by atoms with Gasteiger partial charge < -0.3 is 14.8 Å². The Bertz CT molecular complexity index is 967. The normalized spacial score (nSPS) is 23.4. The van der Waals surface area contributed by atoms with Gasteiger partial charge in [-0.05, 0) is 43.7 Å². The van der Waals surface area contributed by atoms with Crippen LogP contribution < -0.4 is 10.9 Å². The van der Waals surface area contributed by atoms with Crippen molar-refractivity contribution in [2.24, 2.45) is 11.3 Å². The van der Waals surface area contributed by atoms with Gasteiger partial charge in [-0.25, -0.2) is 0 Å². The number of rotatable bonds is 6. The second-order valence-electron chi connectivity index (χ2n) is 9.10. The molecule has 1 N–H and O–H groups in total. The van der Waals surface area contributed by atoms with Crippen molar-refractivity contribution < 1.29 is 4.79 Å². The van der Waals surface area contributed by atoms with Crippen molar-refractivity contribution in [1.29, 1.82) is 0 Å². The van der Waals surface area contributed by atoms with Gasteiger partial charge in [-0.2, -0.15) is 4.98 Å². The Morgan fingerprint density at radius 2 is 2.03 bits per heavy atom. The molecular weight excluding hydrogens is 364 g/mol. The Kier molecular flexibility index (Phi) is 4.74. The average molecular weight is 393 g/mol. The second-order valence-corrected chi connectivity index (χ2v) is 9.10. The largest absolute Gasteiger partial charge is 0.351 e. The molecule has 5 rings (SSSR count). The number of hydrogen-bond donors (Lipinski definition) is 1. The van der Waals surface area contributed by atoms with E-state index in [1.165, 1.54) is 19.4 Å². The van der Waals surface area contributed by atoms with E-state index in [2.05, 4.69) is 15.2 Å². The number of carbonyl (C=O) groups excluding carboxylic acids is 1. The molecule has 1 aliphatic carbocycles. The number of hydrogen-bond acceptors (Lipinski definition) is 4. The van der Waals surface area contributed by atoms with Crippen molar-refractivity contribution in [2.45, 2.75) is 38.6 Å². The molecule has 6 nitrogen and oxygen atoms in total. The van der Waals surface area contributed by atoms with Gasteiger partial charge in [0.2, 0.25) is 0 Å². The van der Waals surface area contributed by atoms with Crippen LogP contribution in [0.5, 0.6) is 0 Å². The molecule has 1 amide bonds. The minimum Gasteiger partial charge on any atom is -0.351 e. The standard InChI is InChI=1S/C23H28N4O2/c28-21(24-10-8-17-4-2-1-3-5-17)19-14-27-16-23(12-20(27)25-22(19)29)9-11-26(15-23)13-18-6-7-18/h1-5,14,18H,6-13,15-16H2,(H,24,28). The third-order valence-corrected chi connectivity index (χ3v) is 6.63. The van der Waals surface area contributed by atoms with Crippen LogP contribution in [0.3, 0.4) is 0 Å². The molecule has 6 heteroatoms. The summed E-state index contributed by atoms with van der Waals surface area (Å²) in [5, 5.41) is 2.88. The number of aromatic nitrogens is 2.